The quantitative estimate of drug-likeness (QED) is 0.734. The normalized spacial score (nSPS) is 12.7. The van der Waals surface area contributed by atoms with Crippen LogP contribution in [0.3, 0.4) is 0 Å². The molecule has 1 amide bonds. The Hall–Kier alpha value is -2.86. The van der Waals surface area contributed by atoms with Gasteiger partial charge in [0.15, 0.2) is 6.10 Å². The Kier molecular flexibility index (Phi) is 7.17. The van der Waals surface area contributed by atoms with Gasteiger partial charge in [0.2, 0.25) is 0 Å². The largest absolute Gasteiger partial charge is 0.497 e. The molecule has 0 unspecified atom stereocenters. The molecule has 0 spiro atoms. The molecule has 26 heavy (non-hydrogen) atoms. The number of hydrogen-bond acceptors (Lipinski definition) is 5. The zero-order chi connectivity index (χ0) is 18.9. The number of amides is 1. The van der Waals surface area contributed by atoms with Crippen molar-refractivity contribution in [2.75, 3.05) is 21.3 Å². The summed E-state index contributed by atoms with van der Waals surface area (Å²) in [6.07, 6.45) is -0.507. The van der Waals surface area contributed by atoms with Crippen molar-refractivity contribution in [1.82, 2.24) is 5.32 Å². The third kappa shape index (κ3) is 5.07. The Balaban J connectivity index is 2.13. The van der Waals surface area contributed by atoms with E-state index in [4.69, 9.17) is 14.2 Å². The van der Waals surface area contributed by atoms with Gasteiger partial charge >= 0.3 is 5.97 Å². The van der Waals surface area contributed by atoms with Crippen LogP contribution in [0.4, 0.5) is 0 Å². The summed E-state index contributed by atoms with van der Waals surface area (Å²) in [7, 11) is 4.33. The molecule has 2 aromatic carbocycles. The summed E-state index contributed by atoms with van der Waals surface area (Å²) >= 11 is 0. The number of benzene rings is 2. The molecule has 0 saturated heterocycles. The van der Waals surface area contributed by atoms with Crippen molar-refractivity contribution in [1.29, 1.82) is 0 Å². The second kappa shape index (κ2) is 9.58. The van der Waals surface area contributed by atoms with Gasteiger partial charge in [0.1, 0.15) is 11.8 Å². The van der Waals surface area contributed by atoms with Crippen molar-refractivity contribution in [3.63, 3.8) is 0 Å². The maximum absolute atomic E-state index is 12.6. The molecular formula is C20H23NO5. The molecule has 0 aliphatic carbocycles. The van der Waals surface area contributed by atoms with Gasteiger partial charge in [0.05, 0.1) is 14.2 Å². The van der Waals surface area contributed by atoms with Gasteiger partial charge in [-0.05, 0) is 23.3 Å². The van der Waals surface area contributed by atoms with Crippen molar-refractivity contribution >= 4 is 11.9 Å². The SMILES string of the molecule is COC(=O)[C@@H](Cc1ccc(OC)cc1)NC(=O)[C@H](OC)c1ccccc1. The maximum atomic E-state index is 12.6. The van der Waals surface area contributed by atoms with Crippen LogP contribution in [0.1, 0.15) is 17.2 Å². The molecule has 6 nitrogen and oxygen atoms in total. The van der Waals surface area contributed by atoms with E-state index in [1.165, 1.54) is 14.2 Å². The fourth-order valence-electron chi connectivity index (χ4n) is 2.60. The van der Waals surface area contributed by atoms with Gasteiger partial charge in [-0.25, -0.2) is 4.79 Å². The predicted octanol–water partition coefficient (Wildman–Crippen LogP) is 2.28. The number of methoxy groups -OCH3 is 3. The number of nitrogens with one attached hydrogen (secondary N) is 1. The Morgan fingerprint density at radius 1 is 0.962 bits per heavy atom. The van der Waals surface area contributed by atoms with Crippen LogP contribution < -0.4 is 10.1 Å². The van der Waals surface area contributed by atoms with Gasteiger partial charge in [0, 0.05) is 13.5 Å². The van der Waals surface area contributed by atoms with E-state index in [0.717, 1.165) is 11.3 Å². The van der Waals surface area contributed by atoms with E-state index in [2.05, 4.69) is 5.32 Å². The monoisotopic (exact) mass is 357 g/mol. The third-order valence-corrected chi connectivity index (χ3v) is 3.98. The first-order valence-electron chi connectivity index (χ1n) is 8.18. The van der Waals surface area contributed by atoms with Crippen molar-refractivity contribution < 1.29 is 23.8 Å². The molecular weight excluding hydrogens is 334 g/mol. The minimum absolute atomic E-state index is 0.299. The summed E-state index contributed by atoms with van der Waals surface area (Å²) < 4.78 is 15.3. The first kappa shape index (κ1) is 19.5. The molecule has 2 rings (SSSR count). The van der Waals surface area contributed by atoms with E-state index in [1.807, 2.05) is 30.3 Å². The van der Waals surface area contributed by atoms with Gasteiger partial charge in [-0.15, -0.1) is 0 Å². The van der Waals surface area contributed by atoms with Gasteiger partial charge in [-0.2, -0.15) is 0 Å². The molecule has 0 heterocycles. The molecule has 0 aliphatic heterocycles. The number of esters is 1. The molecule has 2 aromatic rings. The van der Waals surface area contributed by atoms with E-state index < -0.39 is 24.0 Å². The average molecular weight is 357 g/mol. The van der Waals surface area contributed by atoms with Crippen LogP contribution in [0.2, 0.25) is 0 Å². The Morgan fingerprint density at radius 3 is 2.15 bits per heavy atom. The lowest BCUT2D eigenvalue weighted by atomic mass is 10.0. The third-order valence-electron chi connectivity index (χ3n) is 3.98. The number of ether oxygens (including phenoxy) is 3. The van der Waals surface area contributed by atoms with E-state index in [-0.39, 0.29) is 0 Å². The van der Waals surface area contributed by atoms with Gasteiger partial charge in [-0.1, -0.05) is 42.5 Å². The minimum Gasteiger partial charge on any atom is -0.497 e. The summed E-state index contributed by atoms with van der Waals surface area (Å²) in [6.45, 7) is 0. The molecule has 0 aromatic heterocycles. The lowest BCUT2D eigenvalue weighted by molar-refractivity contribution is -0.146. The van der Waals surface area contributed by atoms with Crippen LogP contribution >= 0.6 is 0 Å². The number of carbonyl (C=O) groups is 2. The van der Waals surface area contributed by atoms with Crippen LogP contribution in [0.5, 0.6) is 5.75 Å². The smallest absolute Gasteiger partial charge is 0.328 e. The van der Waals surface area contributed by atoms with Gasteiger partial charge < -0.3 is 19.5 Å². The number of rotatable bonds is 8. The fourth-order valence-corrected chi connectivity index (χ4v) is 2.60. The lowest BCUT2D eigenvalue weighted by Crippen LogP contribution is -2.45. The standard InChI is InChI=1S/C20H23NO5/c1-24-16-11-9-14(10-12-16)13-17(20(23)26-3)21-19(22)18(25-2)15-7-5-4-6-8-15/h4-12,17-18H,13H2,1-3H3,(H,21,22)/t17-,18-/m1/s1. The molecule has 6 heteroatoms. The Bertz CT molecular complexity index is 715. The van der Waals surface area contributed by atoms with Gasteiger partial charge in [-0.3, -0.25) is 4.79 Å². The van der Waals surface area contributed by atoms with Crippen LogP contribution in [0.15, 0.2) is 54.6 Å². The summed E-state index contributed by atoms with van der Waals surface area (Å²) in [5.74, 6) is -0.198. The summed E-state index contributed by atoms with van der Waals surface area (Å²) in [5.41, 5.74) is 1.58. The zero-order valence-corrected chi connectivity index (χ0v) is 15.1. The van der Waals surface area contributed by atoms with E-state index in [0.29, 0.717) is 12.0 Å². The number of carbonyl (C=O) groups excluding carboxylic acids is 2. The van der Waals surface area contributed by atoms with Crippen molar-refractivity contribution in [3.05, 3.63) is 65.7 Å². The average Bonchev–Trinajstić information content (AvgIpc) is 2.68. The lowest BCUT2D eigenvalue weighted by Gasteiger charge is -2.21. The Labute approximate surface area is 153 Å². The molecule has 2 atom stereocenters. The summed E-state index contributed by atoms with van der Waals surface area (Å²) in [6, 6.07) is 15.6. The minimum atomic E-state index is -0.817. The molecule has 0 aliphatic rings. The first-order valence-corrected chi connectivity index (χ1v) is 8.18. The fraction of sp³-hybridized carbons (Fsp3) is 0.300. The van der Waals surface area contributed by atoms with Crippen molar-refractivity contribution in [3.8, 4) is 5.75 Å². The molecule has 138 valence electrons. The highest BCUT2D eigenvalue weighted by Crippen LogP contribution is 2.18. The molecule has 0 bridgehead atoms. The predicted molar refractivity (Wildman–Crippen MR) is 96.8 cm³/mol. The van der Waals surface area contributed by atoms with Gasteiger partial charge in [0.25, 0.3) is 5.91 Å². The summed E-state index contributed by atoms with van der Waals surface area (Å²) in [5, 5.41) is 2.72. The molecule has 1 N–H and O–H groups in total. The van der Waals surface area contributed by atoms with E-state index in [1.54, 1.807) is 31.4 Å². The van der Waals surface area contributed by atoms with Crippen LogP contribution in [-0.4, -0.2) is 39.2 Å². The Morgan fingerprint density at radius 2 is 1.62 bits per heavy atom. The maximum Gasteiger partial charge on any atom is 0.328 e. The second-order valence-corrected chi connectivity index (χ2v) is 5.66. The highest BCUT2D eigenvalue weighted by atomic mass is 16.5. The topological polar surface area (TPSA) is 73.9 Å². The molecule has 0 saturated carbocycles. The zero-order valence-electron chi connectivity index (χ0n) is 15.1. The van der Waals surface area contributed by atoms with Crippen LogP contribution in [0.25, 0.3) is 0 Å². The van der Waals surface area contributed by atoms with Crippen LogP contribution in [-0.2, 0) is 25.5 Å². The highest BCUT2D eigenvalue weighted by Gasteiger charge is 2.27. The van der Waals surface area contributed by atoms with E-state index in [9.17, 15) is 9.59 Å². The molecule has 0 fully saturated rings. The van der Waals surface area contributed by atoms with Crippen molar-refractivity contribution in [2.24, 2.45) is 0 Å². The summed E-state index contributed by atoms with van der Waals surface area (Å²) in [4.78, 5) is 24.8. The van der Waals surface area contributed by atoms with E-state index >= 15 is 0 Å². The van der Waals surface area contributed by atoms with Crippen LogP contribution in [0, 0.1) is 0 Å². The molecule has 0 radical (unpaired) electrons. The number of hydrogen-bond donors (Lipinski definition) is 1. The first-order chi connectivity index (χ1) is 12.6. The highest BCUT2D eigenvalue weighted by molar-refractivity contribution is 5.87. The van der Waals surface area contributed by atoms with Crippen molar-refractivity contribution in [2.45, 2.75) is 18.6 Å². The second-order valence-electron chi connectivity index (χ2n) is 5.66.